The molecule has 0 radical (unpaired) electrons. The van der Waals surface area contributed by atoms with E-state index >= 15 is 0 Å². The molecule has 0 saturated carbocycles. The molecule has 0 N–H and O–H groups in total. The molecule has 5 rings (SSSR count). The maximum absolute atomic E-state index is 14.1. The van der Waals surface area contributed by atoms with Crippen LogP contribution in [-0.2, 0) is 20.0 Å². The van der Waals surface area contributed by atoms with Gasteiger partial charge in [0.15, 0.2) is 11.6 Å². The van der Waals surface area contributed by atoms with Gasteiger partial charge < -0.3 is 0 Å². The first-order valence-electron chi connectivity index (χ1n) is 10.4. The van der Waals surface area contributed by atoms with Crippen LogP contribution in [0.4, 0.5) is 13.2 Å². The summed E-state index contributed by atoms with van der Waals surface area (Å²) in [4.78, 5) is 21.7. The second kappa shape index (κ2) is 8.54. The van der Waals surface area contributed by atoms with Gasteiger partial charge in [-0.2, -0.15) is 10.2 Å². The Morgan fingerprint density at radius 2 is 2.06 bits per heavy atom. The first-order valence-corrected chi connectivity index (χ1v) is 11.3. The second-order valence-electron chi connectivity index (χ2n) is 7.95. The lowest BCUT2D eigenvalue weighted by Gasteiger charge is -2.21. The van der Waals surface area contributed by atoms with E-state index in [0.717, 1.165) is 17.8 Å². The minimum Gasteiger partial charge on any atom is -0.292 e. The predicted octanol–water partition coefficient (Wildman–Crippen LogP) is 4.71. The largest absolute Gasteiger partial charge is 0.292 e. The fourth-order valence-electron chi connectivity index (χ4n) is 4.09. The summed E-state index contributed by atoms with van der Waals surface area (Å²) in [5, 5.41) is 10.2. The van der Waals surface area contributed by atoms with Crippen LogP contribution in [0, 0.1) is 11.7 Å². The number of ketones is 1. The SMILES string of the molecule is Cn1ncc(-c2nc(C(F)F)cs2)c1C(=O)CC1CCn2nc(-c3ccccc3F)nc2C1. The number of nitrogens with zero attached hydrogens (tertiary/aromatic N) is 6. The lowest BCUT2D eigenvalue weighted by molar-refractivity contribution is 0.0944. The van der Waals surface area contributed by atoms with Crippen LogP contribution in [0.1, 0.15) is 41.3 Å². The Bertz CT molecular complexity index is 1330. The summed E-state index contributed by atoms with van der Waals surface area (Å²) in [7, 11) is 1.65. The molecule has 0 bridgehead atoms. The summed E-state index contributed by atoms with van der Waals surface area (Å²) in [5.74, 6) is 0.559. The Kier molecular flexibility index (Phi) is 5.57. The average Bonchev–Trinajstić information content (AvgIpc) is 3.51. The van der Waals surface area contributed by atoms with E-state index in [9.17, 15) is 18.0 Å². The van der Waals surface area contributed by atoms with Gasteiger partial charge in [0.1, 0.15) is 28.0 Å². The first-order chi connectivity index (χ1) is 15.9. The summed E-state index contributed by atoms with van der Waals surface area (Å²) in [6.45, 7) is 0.581. The van der Waals surface area contributed by atoms with Crippen molar-refractivity contribution in [2.75, 3.05) is 0 Å². The van der Waals surface area contributed by atoms with Gasteiger partial charge in [-0.15, -0.1) is 11.3 Å². The highest BCUT2D eigenvalue weighted by Gasteiger charge is 2.28. The smallest absolute Gasteiger partial charge is 0.281 e. The molecular weight excluding hydrogens is 453 g/mol. The van der Waals surface area contributed by atoms with Crippen molar-refractivity contribution in [3.8, 4) is 22.0 Å². The van der Waals surface area contributed by atoms with Gasteiger partial charge in [0.2, 0.25) is 0 Å². The van der Waals surface area contributed by atoms with E-state index in [4.69, 9.17) is 0 Å². The Hall–Kier alpha value is -3.34. The first kappa shape index (κ1) is 21.5. The average molecular weight is 472 g/mol. The number of hydrogen-bond donors (Lipinski definition) is 0. The van der Waals surface area contributed by atoms with Crippen LogP contribution in [0.3, 0.4) is 0 Å². The molecule has 1 aliphatic heterocycles. The molecule has 4 aromatic rings. The number of halogens is 3. The molecule has 0 amide bonds. The van der Waals surface area contributed by atoms with E-state index in [0.29, 0.717) is 46.4 Å². The molecule has 0 aliphatic carbocycles. The molecule has 0 saturated heterocycles. The summed E-state index contributed by atoms with van der Waals surface area (Å²) < 4.78 is 43.2. The Labute approximate surface area is 190 Å². The molecule has 0 fully saturated rings. The highest BCUT2D eigenvalue weighted by Crippen LogP contribution is 2.32. The lowest BCUT2D eigenvalue weighted by atomic mass is 9.91. The molecule has 1 unspecified atom stereocenters. The van der Waals surface area contributed by atoms with Crippen molar-refractivity contribution in [1.82, 2.24) is 29.5 Å². The number of carbonyl (C=O) groups is 1. The standard InChI is InChI=1S/C22H19F3N6OS/c1-30-19(14(10-26-30)22-27-16(11-33-22)20(24)25)17(32)8-12-6-7-31-18(9-12)28-21(29-31)13-4-2-3-5-15(13)23/h2-5,10-12,20H,6-9H2,1H3. The fraction of sp³-hybridized carbons (Fsp3) is 0.318. The third kappa shape index (κ3) is 4.08. The molecule has 4 heterocycles. The van der Waals surface area contributed by atoms with Gasteiger partial charge in [-0.05, 0) is 24.5 Å². The zero-order valence-electron chi connectivity index (χ0n) is 17.6. The molecule has 33 heavy (non-hydrogen) atoms. The number of aromatic nitrogens is 6. The number of hydrogen-bond acceptors (Lipinski definition) is 6. The highest BCUT2D eigenvalue weighted by atomic mass is 32.1. The van der Waals surface area contributed by atoms with E-state index in [1.54, 1.807) is 29.9 Å². The third-order valence-corrected chi connectivity index (χ3v) is 6.63. The molecule has 1 aromatic carbocycles. The van der Waals surface area contributed by atoms with Crippen LogP contribution in [0.5, 0.6) is 0 Å². The molecule has 11 heteroatoms. The monoisotopic (exact) mass is 472 g/mol. The van der Waals surface area contributed by atoms with Crippen molar-refractivity contribution in [2.24, 2.45) is 13.0 Å². The van der Waals surface area contributed by atoms with Crippen LogP contribution in [0.25, 0.3) is 22.0 Å². The Morgan fingerprint density at radius 1 is 1.24 bits per heavy atom. The van der Waals surface area contributed by atoms with E-state index in [2.05, 4.69) is 20.2 Å². The maximum atomic E-state index is 14.1. The lowest BCUT2D eigenvalue weighted by Crippen LogP contribution is -2.23. The number of aryl methyl sites for hydroxylation is 2. The Balaban J connectivity index is 1.34. The minimum atomic E-state index is -2.67. The van der Waals surface area contributed by atoms with Crippen molar-refractivity contribution in [1.29, 1.82) is 0 Å². The van der Waals surface area contributed by atoms with Crippen LogP contribution in [0.15, 0.2) is 35.8 Å². The molecule has 0 spiro atoms. The van der Waals surface area contributed by atoms with E-state index in [1.165, 1.54) is 22.3 Å². The number of benzene rings is 1. The molecule has 170 valence electrons. The molecule has 3 aromatic heterocycles. The second-order valence-corrected chi connectivity index (χ2v) is 8.81. The highest BCUT2D eigenvalue weighted by molar-refractivity contribution is 7.13. The van der Waals surface area contributed by atoms with E-state index in [1.807, 2.05) is 0 Å². The van der Waals surface area contributed by atoms with Crippen LogP contribution in [0.2, 0.25) is 0 Å². The molecule has 1 atom stereocenters. The van der Waals surface area contributed by atoms with Crippen molar-refractivity contribution in [3.63, 3.8) is 0 Å². The molecule has 1 aliphatic rings. The van der Waals surface area contributed by atoms with Crippen LogP contribution < -0.4 is 0 Å². The van der Waals surface area contributed by atoms with Crippen LogP contribution >= 0.6 is 11.3 Å². The van der Waals surface area contributed by atoms with Gasteiger partial charge in [0, 0.05) is 31.8 Å². The van der Waals surface area contributed by atoms with E-state index in [-0.39, 0.29) is 29.6 Å². The minimum absolute atomic E-state index is 0.0262. The van der Waals surface area contributed by atoms with Gasteiger partial charge in [-0.25, -0.2) is 27.8 Å². The molecule has 7 nitrogen and oxygen atoms in total. The van der Waals surface area contributed by atoms with Gasteiger partial charge >= 0.3 is 0 Å². The fourth-order valence-corrected chi connectivity index (χ4v) is 4.92. The maximum Gasteiger partial charge on any atom is 0.281 e. The van der Waals surface area contributed by atoms with Crippen molar-refractivity contribution >= 4 is 17.1 Å². The van der Waals surface area contributed by atoms with E-state index < -0.39 is 6.43 Å². The number of alkyl halides is 2. The van der Waals surface area contributed by atoms with Crippen LogP contribution in [-0.4, -0.2) is 35.3 Å². The topological polar surface area (TPSA) is 78.5 Å². The number of carbonyl (C=O) groups excluding carboxylic acids is 1. The van der Waals surface area contributed by atoms with Gasteiger partial charge in [-0.3, -0.25) is 9.48 Å². The van der Waals surface area contributed by atoms with Gasteiger partial charge in [0.25, 0.3) is 6.43 Å². The van der Waals surface area contributed by atoms with Gasteiger partial charge in [-0.1, -0.05) is 12.1 Å². The van der Waals surface area contributed by atoms with Crippen molar-refractivity contribution < 1.29 is 18.0 Å². The normalized spacial score (nSPS) is 15.7. The third-order valence-electron chi connectivity index (χ3n) is 5.74. The predicted molar refractivity (Wildman–Crippen MR) is 115 cm³/mol. The van der Waals surface area contributed by atoms with Gasteiger partial charge in [0.05, 0.1) is 17.3 Å². The summed E-state index contributed by atoms with van der Waals surface area (Å²) in [6, 6.07) is 6.36. The summed E-state index contributed by atoms with van der Waals surface area (Å²) in [5.41, 5.74) is 0.845. The molecular formula is C22H19F3N6OS. The van der Waals surface area contributed by atoms with Crippen molar-refractivity contribution in [3.05, 3.63) is 58.9 Å². The summed E-state index contributed by atoms with van der Waals surface area (Å²) >= 11 is 1.07. The number of rotatable bonds is 6. The number of Topliss-reactive ketones (excluding diaryl/α,β-unsaturated/α-hetero) is 1. The zero-order chi connectivity index (χ0) is 23.1. The number of thiazole rings is 1. The zero-order valence-corrected chi connectivity index (χ0v) is 18.4. The summed E-state index contributed by atoms with van der Waals surface area (Å²) in [6.07, 6.45) is 0.326. The van der Waals surface area contributed by atoms with Crippen molar-refractivity contribution in [2.45, 2.75) is 32.2 Å². The quantitative estimate of drug-likeness (QED) is 0.380. The number of fused-ring (bicyclic) bond motifs is 1. The Morgan fingerprint density at radius 3 is 2.82 bits per heavy atom.